The van der Waals surface area contributed by atoms with E-state index in [2.05, 4.69) is 27.5 Å². The van der Waals surface area contributed by atoms with Gasteiger partial charge < -0.3 is 20.1 Å². The Balaban J connectivity index is 1.48. The van der Waals surface area contributed by atoms with E-state index in [-0.39, 0.29) is 17.3 Å². The molecule has 3 aromatic carbocycles. The topological polar surface area (TPSA) is 111 Å². The van der Waals surface area contributed by atoms with E-state index in [1.165, 1.54) is 6.33 Å². The van der Waals surface area contributed by atoms with Crippen molar-refractivity contribution in [3.05, 3.63) is 95.3 Å². The van der Waals surface area contributed by atoms with Crippen molar-refractivity contribution >= 4 is 28.7 Å². The molecule has 0 radical (unpaired) electrons. The maximum atomic E-state index is 11.9. The second-order valence-corrected chi connectivity index (χ2v) is 7.59. The molecule has 2 N–H and O–H groups in total. The highest BCUT2D eigenvalue weighted by molar-refractivity contribution is 5.76. The number of nitro groups is 1. The number of aromatic nitrogens is 2. The number of anilines is 4. The SMILES string of the molecule is CCCCOc1ccc(Nc2ncnc(Nc3ccc(Oc4ccccc4)cc3)c2[N+](=O)[O-])cc1. The van der Waals surface area contributed by atoms with Gasteiger partial charge in [-0.3, -0.25) is 10.1 Å². The van der Waals surface area contributed by atoms with Crippen LogP contribution in [0.4, 0.5) is 28.7 Å². The Bertz CT molecular complexity index is 1250. The van der Waals surface area contributed by atoms with Crippen molar-refractivity contribution in [1.82, 2.24) is 9.97 Å². The van der Waals surface area contributed by atoms with Gasteiger partial charge in [0.05, 0.1) is 11.5 Å². The first-order valence-corrected chi connectivity index (χ1v) is 11.2. The van der Waals surface area contributed by atoms with Crippen molar-refractivity contribution in [2.75, 3.05) is 17.2 Å². The molecule has 35 heavy (non-hydrogen) atoms. The highest BCUT2D eigenvalue weighted by atomic mass is 16.6. The third kappa shape index (κ3) is 6.44. The first-order chi connectivity index (χ1) is 17.1. The third-order valence-electron chi connectivity index (χ3n) is 4.98. The fourth-order valence-electron chi connectivity index (χ4n) is 3.21. The number of rotatable bonds is 11. The molecule has 0 fully saturated rings. The van der Waals surface area contributed by atoms with Crippen molar-refractivity contribution in [3.8, 4) is 17.2 Å². The van der Waals surface area contributed by atoms with Crippen LogP contribution in [0.1, 0.15) is 19.8 Å². The molecule has 0 amide bonds. The predicted molar refractivity (Wildman–Crippen MR) is 135 cm³/mol. The van der Waals surface area contributed by atoms with E-state index < -0.39 is 4.92 Å². The van der Waals surface area contributed by atoms with Crippen LogP contribution in [0.5, 0.6) is 17.2 Å². The molecule has 0 spiro atoms. The molecule has 9 heteroatoms. The van der Waals surface area contributed by atoms with Crippen LogP contribution in [0.15, 0.2) is 85.2 Å². The van der Waals surface area contributed by atoms with Crippen molar-refractivity contribution in [3.63, 3.8) is 0 Å². The van der Waals surface area contributed by atoms with Gasteiger partial charge in [-0.05, 0) is 67.1 Å². The second kappa shape index (κ2) is 11.5. The molecule has 0 aliphatic rings. The lowest BCUT2D eigenvalue weighted by Gasteiger charge is -2.11. The minimum absolute atomic E-state index is 0.0729. The molecule has 9 nitrogen and oxygen atoms in total. The fraction of sp³-hybridized carbons (Fsp3) is 0.154. The van der Waals surface area contributed by atoms with E-state index >= 15 is 0 Å². The van der Waals surface area contributed by atoms with E-state index in [9.17, 15) is 10.1 Å². The molecule has 0 bridgehead atoms. The zero-order chi connectivity index (χ0) is 24.5. The second-order valence-electron chi connectivity index (χ2n) is 7.59. The summed E-state index contributed by atoms with van der Waals surface area (Å²) in [6.45, 7) is 2.75. The molecule has 0 atom stereocenters. The van der Waals surface area contributed by atoms with Crippen LogP contribution in [0.2, 0.25) is 0 Å². The van der Waals surface area contributed by atoms with Gasteiger partial charge in [0.15, 0.2) is 0 Å². The van der Waals surface area contributed by atoms with E-state index in [1.807, 2.05) is 42.5 Å². The lowest BCUT2D eigenvalue weighted by atomic mass is 10.2. The van der Waals surface area contributed by atoms with E-state index in [1.54, 1.807) is 36.4 Å². The number of benzene rings is 3. The van der Waals surface area contributed by atoms with Gasteiger partial charge in [-0.25, -0.2) is 9.97 Å². The third-order valence-corrected chi connectivity index (χ3v) is 4.98. The Labute approximate surface area is 202 Å². The predicted octanol–water partition coefficient (Wildman–Crippen LogP) is 6.84. The molecule has 0 aliphatic heterocycles. The Hall–Kier alpha value is -4.66. The maximum Gasteiger partial charge on any atom is 0.353 e. The van der Waals surface area contributed by atoms with Crippen LogP contribution in [-0.2, 0) is 0 Å². The van der Waals surface area contributed by atoms with Gasteiger partial charge >= 0.3 is 5.69 Å². The molecule has 1 heterocycles. The smallest absolute Gasteiger partial charge is 0.353 e. The van der Waals surface area contributed by atoms with Crippen molar-refractivity contribution in [2.24, 2.45) is 0 Å². The monoisotopic (exact) mass is 471 g/mol. The largest absolute Gasteiger partial charge is 0.494 e. The minimum atomic E-state index is -0.514. The standard InChI is InChI=1S/C26H25N5O4/c1-2-3-17-34-21-13-9-19(10-14-21)29-25-24(31(32)33)26(28-18-27-25)30-20-11-15-23(16-12-20)35-22-7-5-4-6-8-22/h4-16,18H,2-3,17H2,1H3,(H2,27,28,29,30). The normalized spacial score (nSPS) is 10.4. The van der Waals surface area contributed by atoms with Crippen LogP contribution in [0.3, 0.4) is 0 Å². The molecule has 1 aromatic heterocycles. The van der Waals surface area contributed by atoms with Crippen LogP contribution in [0, 0.1) is 10.1 Å². The van der Waals surface area contributed by atoms with Gasteiger partial charge in [0.25, 0.3) is 0 Å². The van der Waals surface area contributed by atoms with Crippen molar-refractivity contribution in [2.45, 2.75) is 19.8 Å². The quantitative estimate of drug-likeness (QED) is 0.139. The highest BCUT2D eigenvalue weighted by Crippen LogP contribution is 2.34. The molecule has 0 saturated carbocycles. The fourth-order valence-corrected chi connectivity index (χ4v) is 3.21. The van der Waals surface area contributed by atoms with E-state index in [0.29, 0.717) is 23.7 Å². The van der Waals surface area contributed by atoms with Gasteiger partial charge in [0.1, 0.15) is 23.6 Å². The molecular weight excluding hydrogens is 446 g/mol. The Morgan fingerprint density at radius 2 is 1.34 bits per heavy atom. The average Bonchev–Trinajstić information content (AvgIpc) is 2.87. The van der Waals surface area contributed by atoms with Crippen LogP contribution in [0.25, 0.3) is 0 Å². The molecule has 4 aromatic rings. The molecular formula is C26H25N5O4. The summed E-state index contributed by atoms with van der Waals surface area (Å²) in [6.07, 6.45) is 3.30. The summed E-state index contributed by atoms with van der Waals surface area (Å²) in [7, 11) is 0. The summed E-state index contributed by atoms with van der Waals surface area (Å²) < 4.78 is 11.4. The van der Waals surface area contributed by atoms with Gasteiger partial charge in [0, 0.05) is 11.4 Å². The highest BCUT2D eigenvalue weighted by Gasteiger charge is 2.23. The summed E-state index contributed by atoms with van der Waals surface area (Å²) in [5, 5.41) is 17.9. The Morgan fingerprint density at radius 1 is 0.800 bits per heavy atom. The molecule has 4 rings (SSSR count). The molecule has 178 valence electrons. The number of unbranched alkanes of at least 4 members (excludes halogenated alkanes) is 1. The zero-order valence-electron chi connectivity index (χ0n) is 19.2. The summed E-state index contributed by atoms with van der Waals surface area (Å²) in [4.78, 5) is 19.5. The van der Waals surface area contributed by atoms with E-state index in [0.717, 1.165) is 24.3 Å². The van der Waals surface area contributed by atoms with Gasteiger partial charge in [-0.1, -0.05) is 31.5 Å². The molecule has 0 saturated heterocycles. The van der Waals surface area contributed by atoms with Crippen LogP contribution in [-0.4, -0.2) is 21.5 Å². The summed E-state index contributed by atoms with van der Waals surface area (Å²) in [5.41, 5.74) is 0.995. The zero-order valence-corrected chi connectivity index (χ0v) is 19.2. The lowest BCUT2D eigenvalue weighted by Crippen LogP contribution is -2.05. The number of ether oxygens (including phenoxy) is 2. The van der Waals surface area contributed by atoms with Gasteiger partial charge in [-0.15, -0.1) is 0 Å². The molecule has 0 unspecified atom stereocenters. The number of hydrogen-bond acceptors (Lipinski definition) is 8. The average molecular weight is 472 g/mol. The molecule has 0 aliphatic carbocycles. The Morgan fingerprint density at radius 3 is 1.89 bits per heavy atom. The van der Waals surface area contributed by atoms with Crippen molar-refractivity contribution in [1.29, 1.82) is 0 Å². The van der Waals surface area contributed by atoms with Gasteiger partial charge in [0.2, 0.25) is 11.6 Å². The van der Waals surface area contributed by atoms with Crippen molar-refractivity contribution < 1.29 is 14.4 Å². The van der Waals surface area contributed by atoms with E-state index in [4.69, 9.17) is 9.47 Å². The number of nitrogens with one attached hydrogen (secondary N) is 2. The summed E-state index contributed by atoms with van der Waals surface area (Å²) in [5.74, 6) is 2.25. The Kier molecular flexibility index (Phi) is 7.70. The minimum Gasteiger partial charge on any atom is -0.494 e. The first-order valence-electron chi connectivity index (χ1n) is 11.2. The van der Waals surface area contributed by atoms with Gasteiger partial charge in [-0.2, -0.15) is 0 Å². The summed E-state index contributed by atoms with van der Waals surface area (Å²) >= 11 is 0. The number of para-hydroxylation sites is 1. The summed E-state index contributed by atoms with van der Waals surface area (Å²) in [6, 6.07) is 23.7. The number of hydrogen-bond donors (Lipinski definition) is 2. The number of nitrogens with zero attached hydrogens (tertiary/aromatic N) is 3. The van der Waals surface area contributed by atoms with Crippen LogP contribution >= 0.6 is 0 Å². The maximum absolute atomic E-state index is 11.9. The first kappa shape index (κ1) is 23.5. The lowest BCUT2D eigenvalue weighted by molar-refractivity contribution is -0.383. The van der Waals surface area contributed by atoms with Crippen LogP contribution < -0.4 is 20.1 Å².